The van der Waals surface area contributed by atoms with Crippen LogP contribution in [0, 0.1) is 6.92 Å². The van der Waals surface area contributed by atoms with Gasteiger partial charge in [0.1, 0.15) is 10.8 Å². The largest absolute Gasteiger partial charge is 0.495 e. The summed E-state index contributed by atoms with van der Waals surface area (Å²) in [7, 11) is 1.50. The highest BCUT2D eigenvalue weighted by atomic mass is 35.5. The lowest BCUT2D eigenvalue weighted by Crippen LogP contribution is -2.32. The molecule has 8 heteroatoms. The van der Waals surface area contributed by atoms with Crippen molar-refractivity contribution in [2.45, 2.75) is 26.4 Å². The second-order valence-electron chi connectivity index (χ2n) is 8.79. The molecule has 6 nitrogen and oxygen atoms in total. The molecule has 192 valence electrons. The van der Waals surface area contributed by atoms with E-state index in [1.807, 2.05) is 61.5 Å². The molecule has 0 saturated carbocycles. The van der Waals surface area contributed by atoms with E-state index in [1.54, 1.807) is 36.5 Å². The van der Waals surface area contributed by atoms with Crippen molar-refractivity contribution in [2.75, 3.05) is 12.4 Å². The highest BCUT2D eigenvalue weighted by Gasteiger charge is 2.25. The van der Waals surface area contributed by atoms with Gasteiger partial charge in [-0.05, 0) is 48.6 Å². The number of carbonyl (C=O) groups excluding carboxylic acids is 2. The van der Waals surface area contributed by atoms with Gasteiger partial charge in [0, 0.05) is 22.0 Å². The van der Waals surface area contributed by atoms with E-state index in [2.05, 4.69) is 5.32 Å². The molecule has 0 bridgehead atoms. The molecule has 0 saturated heterocycles. The highest BCUT2D eigenvalue weighted by molar-refractivity contribution is 7.21. The Morgan fingerprint density at radius 2 is 1.82 bits per heavy atom. The standard InChI is InChI=1S/C30H25ClN2O4S/c1-4-24(28(34)32-23-15-17(2)21(31)16-25(23)36-3)37-30(35)20-12-8-10-18-9-7-11-19(27(18)20)29-33-22-13-5-6-14-26(22)38-29/h5-16,24H,4H2,1-3H3,(H,32,34). The van der Waals surface area contributed by atoms with Crippen molar-refractivity contribution in [3.8, 4) is 16.3 Å². The van der Waals surface area contributed by atoms with Crippen LogP contribution in [0.4, 0.5) is 5.69 Å². The highest BCUT2D eigenvalue weighted by Crippen LogP contribution is 2.36. The number of nitrogens with one attached hydrogen (secondary N) is 1. The number of thiazole rings is 1. The number of amides is 1. The first-order valence-corrected chi connectivity index (χ1v) is 13.3. The molecule has 1 N–H and O–H groups in total. The molecule has 0 aliphatic rings. The molecule has 1 heterocycles. The Labute approximate surface area is 229 Å². The predicted octanol–water partition coefficient (Wildman–Crippen LogP) is 7.66. The molecule has 1 amide bonds. The van der Waals surface area contributed by atoms with Gasteiger partial charge in [0.05, 0.1) is 28.6 Å². The number of benzene rings is 4. The summed E-state index contributed by atoms with van der Waals surface area (Å²) in [4.78, 5) is 31.4. The Morgan fingerprint density at radius 1 is 1.05 bits per heavy atom. The van der Waals surface area contributed by atoms with Crippen LogP contribution in [0.3, 0.4) is 0 Å². The summed E-state index contributed by atoms with van der Waals surface area (Å²) in [6.45, 7) is 3.62. The number of para-hydroxylation sites is 1. The van der Waals surface area contributed by atoms with Crippen LogP contribution in [0.25, 0.3) is 31.6 Å². The fourth-order valence-corrected chi connectivity index (χ4v) is 5.49. The van der Waals surface area contributed by atoms with Gasteiger partial charge in [-0.3, -0.25) is 4.79 Å². The van der Waals surface area contributed by atoms with E-state index in [-0.39, 0.29) is 0 Å². The van der Waals surface area contributed by atoms with Crippen LogP contribution in [-0.2, 0) is 9.53 Å². The van der Waals surface area contributed by atoms with Crippen LogP contribution in [0.15, 0.2) is 72.8 Å². The van der Waals surface area contributed by atoms with Gasteiger partial charge < -0.3 is 14.8 Å². The first kappa shape index (κ1) is 25.7. The van der Waals surface area contributed by atoms with Crippen LogP contribution in [0.1, 0.15) is 29.3 Å². The van der Waals surface area contributed by atoms with Gasteiger partial charge >= 0.3 is 5.97 Å². The van der Waals surface area contributed by atoms with Crippen molar-refractivity contribution in [3.63, 3.8) is 0 Å². The SMILES string of the molecule is CCC(OC(=O)c1cccc2cccc(-c3nc4ccccc4s3)c12)C(=O)Nc1cc(C)c(Cl)cc1OC. The number of halogens is 1. The molecule has 0 radical (unpaired) electrons. The van der Waals surface area contributed by atoms with Crippen LogP contribution in [0.5, 0.6) is 5.75 Å². The number of methoxy groups -OCH3 is 1. The Balaban J connectivity index is 1.46. The molecule has 0 fully saturated rings. The number of aromatic nitrogens is 1. The molecular weight excluding hydrogens is 520 g/mol. The molecule has 1 unspecified atom stereocenters. The summed E-state index contributed by atoms with van der Waals surface area (Å²) in [6.07, 6.45) is -0.713. The smallest absolute Gasteiger partial charge is 0.339 e. The number of aryl methyl sites for hydroxylation is 1. The summed E-state index contributed by atoms with van der Waals surface area (Å²) in [5.74, 6) is -0.609. The Morgan fingerprint density at radius 3 is 2.55 bits per heavy atom. The minimum absolute atomic E-state index is 0.294. The zero-order chi connectivity index (χ0) is 26.8. The van der Waals surface area contributed by atoms with Gasteiger partial charge in [-0.1, -0.05) is 61.0 Å². The van der Waals surface area contributed by atoms with Crippen molar-refractivity contribution in [3.05, 3.63) is 88.9 Å². The second-order valence-corrected chi connectivity index (χ2v) is 10.2. The van der Waals surface area contributed by atoms with E-state index in [9.17, 15) is 9.59 Å². The molecule has 5 aromatic rings. The summed E-state index contributed by atoms with van der Waals surface area (Å²) in [5, 5.41) is 5.78. The number of ether oxygens (including phenoxy) is 2. The molecule has 4 aromatic carbocycles. The topological polar surface area (TPSA) is 77.5 Å². The predicted molar refractivity (Wildman–Crippen MR) is 153 cm³/mol. The van der Waals surface area contributed by atoms with Crippen molar-refractivity contribution >= 4 is 61.5 Å². The fourth-order valence-electron chi connectivity index (χ4n) is 4.33. The number of hydrogen-bond donors (Lipinski definition) is 1. The third-order valence-electron chi connectivity index (χ3n) is 6.30. The number of rotatable bonds is 7. The number of fused-ring (bicyclic) bond motifs is 2. The maximum Gasteiger partial charge on any atom is 0.339 e. The van der Waals surface area contributed by atoms with Gasteiger partial charge in [-0.2, -0.15) is 0 Å². The van der Waals surface area contributed by atoms with Crippen LogP contribution < -0.4 is 10.1 Å². The van der Waals surface area contributed by atoms with Crippen LogP contribution >= 0.6 is 22.9 Å². The monoisotopic (exact) mass is 544 g/mol. The summed E-state index contributed by atoms with van der Waals surface area (Å²) in [6, 6.07) is 22.6. The minimum atomic E-state index is -1.01. The third kappa shape index (κ3) is 4.95. The van der Waals surface area contributed by atoms with Gasteiger partial charge in [0.2, 0.25) is 0 Å². The first-order valence-electron chi connectivity index (χ1n) is 12.1. The van der Waals surface area contributed by atoms with Crippen LogP contribution in [0.2, 0.25) is 5.02 Å². The van der Waals surface area contributed by atoms with Gasteiger partial charge in [-0.15, -0.1) is 11.3 Å². The van der Waals surface area contributed by atoms with Crippen molar-refractivity contribution in [2.24, 2.45) is 0 Å². The van der Waals surface area contributed by atoms with E-state index in [4.69, 9.17) is 26.1 Å². The van der Waals surface area contributed by atoms with Crippen molar-refractivity contribution in [1.29, 1.82) is 0 Å². The molecule has 0 aliphatic carbocycles. The first-order chi connectivity index (χ1) is 18.4. The lowest BCUT2D eigenvalue weighted by molar-refractivity contribution is -0.124. The van der Waals surface area contributed by atoms with Gasteiger partial charge in [-0.25, -0.2) is 9.78 Å². The number of esters is 1. The van der Waals surface area contributed by atoms with E-state index < -0.39 is 18.0 Å². The minimum Gasteiger partial charge on any atom is -0.495 e. The van der Waals surface area contributed by atoms with Crippen LogP contribution in [-0.4, -0.2) is 30.1 Å². The molecule has 5 rings (SSSR count). The maximum atomic E-state index is 13.5. The van der Waals surface area contributed by atoms with E-state index in [0.717, 1.165) is 37.1 Å². The average Bonchev–Trinajstić information content (AvgIpc) is 3.37. The number of carbonyl (C=O) groups is 2. The molecule has 38 heavy (non-hydrogen) atoms. The molecular formula is C30H25ClN2O4S. The normalized spacial score (nSPS) is 11.9. The summed E-state index contributed by atoms with van der Waals surface area (Å²) in [5.41, 5.74) is 3.36. The molecule has 0 aliphatic heterocycles. The number of hydrogen-bond acceptors (Lipinski definition) is 6. The molecule has 0 spiro atoms. The summed E-state index contributed by atoms with van der Waals surface area (Å²) < 4.78 is 12.2. The van der Waals surface area contributed by atoms with Gasteiger partial charge in [0.25, 0.3) is 5.91 Å². The number of nitrogens with zero attached hydrogens (tertiary/aromatic N) is 1. The Hall–Kier alpha value is -3.94. The molecule has 1 atom stereocenters. The zero-order valence-electron chi connectivity index (χ0n) is 21.1. The molecule has 1 aromatic heterocycles. The Kier molecular flexibility index (Phi) is 7.31. The van der Waals surface area contributed by atoms with Gasteiger partial charge in [0.15, 0.2) is 6.10 Å². The summed E-state index contributed by atoms with van der Waals surface area (Å²) >= 11 is 7.76. The van der Waals surface area contributed by atoms with E-state index >= 15 is 0 Å². The van der Waals surface area contributed by atoms with Crippen molar-refractivity contribution < 1.29 is 19.1 Å². The third-order valence-corrected chi connectivity index (χ3v) is 7.78. The number of anilines is 1. The quantitative estimate of drug-likeness (QED) is 0.213. The fraction of sp³-hybridized carbons (Fsp3) is 0.167. The maximum absolute atomic E-state index is 13.5. The zero-order valence-corrected chi connectivity index (χ0v) is 22.7. The van der Waals surface area contributed by atoms with E-state index in [0.29, 0.717) is 28.4 Å². The lowest BCUT2D eigenvalue weighted by Gasteiger charge is -2.19. The van der Waals surface area contributed by atoms with Crippen molar-refractivity contribution in [1.82, 2.24) is 4.98 Å². The lowest BCUT2D eigenvalue weighted by atomic mass is 9.99. The average molecular weight is 545 g/mol. The van der Waals surface area contributed by atoms with E-state index in [1.165, 1.54) is 7.11 Å². The Bertz CT molecular complexity index is 1640. The second kappa shape index (κ2) is 10.8.